The van der Waals surface area contributed by atoms with E-state index in [1.165, 1.54) is 11.8 Å². The standard InChI is InChI=1S/C20H19BrN2O2S/c1-3-23-17-7-5-4-6-14(17)18(11-20(23)25)26-12-19(24)22-16-9-8-13(2)10-15(16)21/h4-11H,3,12H2,1-2H3,(H,22,24). The van der Waals surface area contributed by atoms with Gasteiger partial charge in [0.25, 0.3) is 5.56 Å². The molecule has 4 nitrogen and oxygen atoms in total. The molecular weight excluding hydrogens is 412 g/mol. The summed E-state index contributed by atoms with van der Waals surface area (Å²) < 4.78 is 2.59. The van der Waals surface area contributed by atoms with E-state index in [0.29, 0.717) is 6.54 Å². The van der Waals surface area contributed by atoms with Crippen molar-refractivity contribution in [3.8, 4) is 0 Å². The molecule has 1 aromatic heterocycles. The first-order valence-electron chi connectivity index (χ1n) is 8.31. The molecule has 0 unspecified atom stereocenters. The van der Waals surface area contributed by atoms with Gasteiger partial charge in [-0.2, -0.15) is 0 Å². The lowest BCUT2D eigenvalue weighted by molar-refractivity contribution is -0.113. The van der Waals surface area contributed by atoms with E-state index >= 15 is 0 Å². The van der Waals surface area contributed by atoms with Crippen LogP contribution in [0.5, 0.6) is 0 Å². The van der Waals surface area contributed by atoms with Gasteiger partial charge in [-0.05, 0) is 53.5 Å². The monoisotopic (exact) mass is 430 g/mol. The molecule has 0 saturated heterocycles. The molecule has 1 amide bonds. The second-order valence-corrected chi connectivity index (χ2v) is 7.80. The van der Waals surface area contributed by atoms with E-state index in [1.54, 1.807) is 10.6 Å². The minimum Gasteiger partial charge on any atom is -0.324 e. The fraction of sp³-hybridized carbons (Fsp3) is 0.200. The Balaban J connectivity index is 1.79. The SMILES string of the molecule is CCn1c(=O)cc(SCC(=O)Nc2ccc(C)cc2Br)c2ccccc21. The van der Waals surface area contributed by atoms with Crippen molar-refractivity contribution in [2.24, 2.45) is 0 Å². The highest BCUT2D eigenvalue weighted by atomic mass is 79.9. The first-order valence-corrected chi connectivity index (χ1v) is 10.1. The Kier molecular flexibility index (Phi) is 5.84. The lowest BCUT2D eigenvalue weighted by Crippen LogP contribution is -2.19. The number of anilines is 1. The molecule has 0 spiro atoms. The number of nitrogens with zero attached hydrogens (tertiary/aromatic N) is 1. The summed E-state index contributed by atoms with van der Waals surface area (Å²) in [5, 5.41) is 3.89. The highest BCUT2D eigenvalue weighted by Gasteiger charge is 2.11. The maximum atomic E-state index is 12.3. The van der Waals surface area contributed by atoms with Gasteiger partial charge < -0.3 is 9.88 Å². The summed E-state index contributed by atoms with van der Waals surface area (Å²) in [5.74, 6) is 0.128. The van der Waals surface area contributed by atoms with Crippen molar-refractivity contribution in [1.29, 1.82) is 0 Å². The van der Waals surface area contributed by atoms with Gasteiger partial charge >= 0.3 is 0 Å². The lowest BCUT2D eigenvalue weighted by Gasteiger charge is -2.12. The zero-order valence-electron chi connectivity index (χ0n) is 14.6. The summed E-state index contributed by atoms with van der Waals surface area (Å²) in [5.41, 5.74) is 2.71. The van der Waals surface area contributed by atoms with Gasteiger partial charge in [0.2, 0.25) is 5.91 Å². The van der Waals surface area contributed by atoms with Crippen molar-refractivity contribution in [3.05, 3.63) is 68.9 Å². The molecule has 6 heteroatoms. The van der Waals surface area contributed by atoms with Gasteiger partial charge in [0.1, 0.15) is 0 Å². The summed E-state index contributed by atoms with van der Waals surface area (Å²) in [7, 11) is 0. The largest absolute Gasteiger partial charge is 0.324 e. The summed E-state index contributed by atoms with van der Waals surface area (Å²) in [6, 6.07) is 15.2. The van der Waals surface area contributed by atoms with Crippen molar-refractivity contribution >= 4 is 50.2 Å². The quantitative estimate of drug-likeness (QED) is 0.590. The number of fused-ring (bicyclic) bond motifs is 1. The molecular formula is C20H19BrN2O2S. The second kappa shape index (κ2) is 8.10. The molecule has 0 bridgehead atoms. The summed E-state index contributed by atoms with van der Waals surface area (Å²) in [6.07, 6.45) is 0. The maximum absolute atomic E-state index is 12.3. The topological polar surface area (TPSA) is 51.1 Å². The zero-order chi connectivity index (χ0) is 18.7. The number of rotatable bonds is 5. The van der Waals surface area contributed by atoms with Gasteiger partial charge in [0.15, 0.2) is 0 Å². The van der Waals surface area contributed by atoms with Crippen LogP contribution in [-0.2, 0) is 11.3 Å². The van der Waals surface area contributed by atoms with Gasteiger partial charge in [-0.1, -0.05) is 24.3 Å². The smallest absolute Gasteiger partial charge is 0.252 e. The van der Waals surface area contributed by atoms with Crippen LogP contribution < -0.4 is 10.9 Å². The van der Waals surface area contributed by atoms with Crippen molar-refractivity contribution in [2.45, 2.75) is 25.3 Å². The molecule has 2 aromatic carbocycles. The third kappa shape index (κ3) is 4.02. The summed E-state index contributed by atoms with van der Waals surface area (Å²) in [6.45, 7) is 4.57. The molecule has 0 atom stereocenters. The highest BCUT2D eigenvalue weighted by molar-refractivity contribution is 9.10. The van der Waals surface area contributed by atoms with Crippen LogP contribution >= 0.6 is 27.7 Å². The van der Waals surface area contributed by atoms with Gasteiger partial charge in [-0.3, -0.25) is 9.59 Å². The van der Waals surface area contributed by atoms with E-state index in [1.807, 2.05) is 56.3 Å². The van der Waals surface area contributed by atoms with E-state index in [-0.39, 0.29) is 17.2 Å². The number of hydrogen-bond donors (Lipinski definition) is 1. The summed E-state index contributed by atoms with van der Waals surface area (Å²) >= 11 is 4.84. The van der Waals surface area contributed by atoms with Crippen LogP contribution in [-0.4, -0.2) is 16.2 Å². The van der Waals surface area contributed by atoms with Crippen LogP contribution in [0.3, 0.4) is 0 Å². The van der Waals surface area contributed by atoms with E-state index < -0.39 is 0 Å². The number of benzene rings is 2. The molecule has 0 radical (unpaired) electrons. The first kappa shape index (κ1) is 18.7. The van der Waals surface area contributed by atoms with Gasteiger partial charge in [0, 0.05) is 27.4 Å². The number of amides is 1. The number of pyridine rings is 1. The third-order valence-electron chi connectivity index (χ3n) is 4.05. The Morgan fingerprint density at radius 2 is 1.96 bits per heavy atom. The van der Waals surface area contributed by atoms with Crippen LogP contribution in [0.2, 0.25) is 0 Å². The minimum atomic E-state index is -0.108. The van der Waals surface area contributed by atoms with Crippen molar-refractivity contribution < 1.29 is 4.79 Å². The Morgan fingerprint density at radius 1 is 1.19 bits per heavy atom. The van der Waals surface area contributed by atoms with Gasteiger partial charge in [0.05, 0.1) is 17.0 Å². The molecule has 1 N–H and O–H groups in total. The first-order chi connectivity index (χ1) is 12.5. The highest BCUT2D eigenvalue weighted by Crippen LogP contribution is 2.27. The summed E-state index contributed by atoms with van der Waals surface area (Å²) in [4.78, 5) is 25.5. The third-order valence-corrected chi connectivity index (χ3v) is 5.77. The second-order valence-electron chi connectivity index (χ2n) is 5.93. The van der Waals surface area contributed by atoms with Crippen molar-refractivity contribution in [3.63, 3.8) is 0 Å². The molecule has 1 heterocycles. The maximum Gasteiger partial charge on any atom is 0.252 e. The van der Waals surface area contributed by atoms with Crippen LogP contribution in [0.1, 0.15) is 12.5 Å². The van der Waals surface area contributed by atoms with Crippen LogP contribution in [0.4, 0.5) is 5.69 Å². The number of thioether (sulfide) groups is 1. The van der Waals surface area contributed by atoms with E-state index in [2.05, 4.69) is 21.2 Å². The molecule has 0 aliphatic heterocycles. The normalized spacial score (nSPS) is 10.9. The Bertz CT molecular complexity index is 1030. The fourth-order valence-corrected chi connectivity index (χ4v) is 4.26. The molecule has 26 heavy (non-hydrogen) atoms. The lowest BCUT2D eigenvalue weighted by atomic mass is 10.2. The van der Waals surface area contributed by atoms with Gasteiger partial charge in [-0.25, -0.2) is 0 Å². The Labute approximate surface area is 164 Å². The molecule has 134 valence electrons. The number of carbonyl (C=O) groups excluding carboxylic acids is 1. The molecule has 0 aliphatic carbocycles. The predicted octanol–water partition coefficient (Wildman–Crippen LogP) is 4.82. The average molecular weight is 431 g/mol. The Morgan fingerprint density at radius 3 is 2.69 bits per heavy atom. The van der Waals surface area contributed by atoms with E-state index in [0.717, 1.165) is 31.5 Å². The van der Waals surface area contributed by atoms with Crippen LogP contribution in [0, 0.1) is 6.92 Å². The number of halogens is 1. The van der Waals surface area contributed by atoms with Gasteiger partial charge in [-0.15, -0.1) is 11.8 Å². The predicted molar refractivity (Wildman–Crippen MR) is 112 cm³/mol. The van der Waals surface area contributed by atoms with Crippen molar-refractivity contribution in [2.75, 3.05) is 11.1 Å². The molecule has 3 rings (SSSR count). The van der Waals surface area contributed by atoms with Crippen molar-refractivity contribution in [1.82, 2.24) is 4.57 Å². The van der Waals surface area contributed by atoms with E-state index in [4.69, 9.17) is 0 Å². The number of hydrogen-bond acceptors (Lipinski definition) is 3. The molecule has 0 fully saturated rings. The minimum absolute atomic E-state index is 0.0459. The number of aryl methyl sites for hydroxylation is 2. The fourth-order valence-electron chi connectivity index (χ4n) is 2.80. The molecule has 0 aliphatic rings. The van der Waals surface area contributed by atoms with Crippen LogP contribution in [0.15, 0.2) is 62.7 Å². The Hall–Kier alpha value is -2.05. The van der Waals surface area contributed by atoms with E-state index in [9.17, 15) is 9.59 Å². The number of carbonyl (C=O) groups is 1. The molecule has 3 aromatic rings. The van der Waals surface area contributed by atoms with Crippen LogP contribution in [0.25, 0.3) is 10.9 Å². The number of aromatic nitrogens is 1. The average Bonchev–Trinajstić information content (AvgIpc) is 2.62. The molecule has 0 saturated carbocycles. The number of nitrogens with one attached hydrogen (secondary N) is 1. The zero-order valence-corrected chi connectivity index (χ0v) is 17.0. The number of para-hydroxylation sites is 1.